The Morgan fingerprint density at radius 1 is 1.06 bits per heavy atom. The number of fused-ring (bicyclic) bond motifs is 1. The van der Waals surface area contributed by atoms with Crippen molar-refractivity contribution < 1.29 is 35.9 Å². The summed E-state index contributed by atoms with van der Waals surface area (Å²) in [5, 5.41) is 0.678. The number of alkyl halides is 3. The number of esters is 1. The van der Waals surface area contributed by atoms with Crippen LogP contribution in [0.25, 0.3) is 10.9 Å². The van der Waals surface area contributed by atoms with Crippen LogP contribution in [0.15, 0.2) is 59.6 Å². The predicted molar refractivity (Wildman–Crippen MR) is 105 cm³/mol. The van der Waals surface area contributed by atoms with Crippen molar-refractivity contribution in [3.63, 3.8) is 0 Å². The number of ketones is 1. The summed E-state index contributed by atoms with van der Waals surface area (Å²) in [4.78, 5) is 26.4. The zero-order valence-electron chi connectivity index (χ0n) is 15.9. The highest BCUT2D eigenvalue weighted by Crippen LogP contribution is 2.30. The molecule has 0 aliphatic carbocycles. The highest BCUT2D eigenvalue weighted by molar-refractivity contribution is 7.89. The Morgan fingerprint density at radius 3 is 2.55 bits per heavy atom. The molecule has 164 valence electrons. The monoisotopic (exact) mass is 454 g/mol. The number of rotatable bonds is 8. The molecule has 2 aromatic carbocycles. The number of carbonyl (C=O) groups is 2. The molecule has 0 spiro atoms. The van der Waals surface area contributed by atoms with Gasteiger partial charge in [-0.1, -0.05) is 24.3 Å². The van der Waals surface area contributed by atoms with E-state index in [2.05, 4.69) is 4.98 Å². The summed E-state index contributed by atoms with van der Waals surface area (Å²) in [6.45, 7) is -0.931. The first-order valence-corrected chi connectivity index (χ1v) is 10.5. The van der Waals surface area contributed by atoms with E-state index in [0.717, 1.165) is 23.7 Å². The largest absolute Gasteiger partial charge is 0.457 e. The topological polar surface area (TPSA) is 105 Å². The van der Waals surface area contributed by atoms with Crippen LogP contribution in [0, 0.1) is 0 Å². The van der Waals surface area contributed by atoms with Crippen LogP contribution in [0.5, 0.6) is 0 Å². The second-order valence-electron chi connectivity index (χ2n) is 6.51. The minimum Gasteiger partial charge on any atom is -0.457 e. The number of sulfonamides is 1. The van der Waals surface area contributed by atoms with E-state index >= 15 is 0 Å². The van der Waals surface area contributed by atoms with Gasteiger partial charge in [-0.3, -0.25) is 9.59 Å². The Bertz CT molecular complexity index is 1220. The second-order valence-corrected chi connectivity index (χ2v) is 8.27. The average molecular weight is 454 g/mol. The second kappa shape index (κ2) is 8.90. The Morgan fingerprint density at radius 2 is 1.81 bits per heavy atom. The van der Waals surface area contributed by atoms with E-state index in [0.29, 0.717) is 17.0 Å². The van der Waals surface area contributed by atoms with Gasteiger partial charge in [0.25, 0.3) is 0 Å². The van der Waals surface area contributed by atoms with Crippen LogP contribution in [-0.4, -0.2) is 38.3 Å². The molecule has 0 fully saturated rings. The molecule has 0 unspecified atom stereocenters. The number of para-hydroxylation sites is 1. The molecule has 0 radical (unpaired) electrons. The molecule has 11 heteroatoms. The predicted octanol–water partition coefficient (Wildman–Crippen LogP) is 3.28. The summed E-state index contributed by atoms with van der Waals surface area (Å²) >= 11 is 0. The number of hydrogen-bond donors (Lipinski definition) is 2. The molecule has 0 amide bonds. The van der Waals surface area contributed by atoms with Gasteiger partial charge >= 0.3 is 12.1 Å². The third-order valence-corrected chi connectivity index (χ3v) is 5.81. The summed E-state index contributed by atoms with van der Waals surface area (Å²) in [5.74, 6) is -1.27. The summed E-state index contributed by atoms with van der Waals surface area (Å²) in [6.07, 6.45) is -3.59. The molecule has 0 saturated heterocycles. The van der Waals surface area contributed by atoms with Crippen molar-refractivity contribution in [1.29, 1.82) is 0 Å². The molecular formula is C20H17F3N2O5S. The van der Waals surface area contributed by atoms with Crippen molar-refractivity contribution in [2.75, 3.05) is 13.2 Å². The molecular weight excluding hydrogens is 437 g/mol. The van der Waals surface area contributed by atoms with E-state index in [4.69, 9.17) is 4.74 Å². The van der Waals surface area contributed by atoms with Crippen molar-refractivity contribution in [2.45, 2.75) is 17.5 Å². The maximum absolute atomic E-state index is 12.7. The van der Waals surface area contributed by atoms with Gasteiger partial charge in [0.15, 0.2) is 6.61 Å². The fraction of sp³-hybridized carbons (Fsp3) is 0.200. The highest BCUT2D eigenvalue weighted by Gasteiger charge is 2.31. The summed E-state index contributed by atoms with van der Waals surface area (Å²) in [5.41, 5.74) is 0.000373. The molecule has 1 aromatic heterocycles. The van der Waals surface area contributed by atoms with E-state index in [1.165, 1.54) is 6.20 Å². The van der Waals surface area contributed by atoms with Crippen LogP contribution >= 0.6 is 0 Å². The van der Waals surface area contributed by atoms with Crippen LogP contribution in [0.4, 0.5) is 13.2 Å². The SMILES string of the molecule is O=C(CCNS(=O)(=O)c1cccc(C(F)(F)F)c1)OCC(=O)c1c[nH]c2ccccc12. The number of benzene rings is 2. The van der Waals surface area contributed by atoms with Gasteiger partial charge in [0.2, 0.25) is 15.8 Å². The lowest BCUT2D eigenvalue weighted by molar-refractivity contribution is -0.142. The Kier molecular flexibility index (Phi) is 6.46. The van der Waals surface area contributed by atoms with Gasteiger partial charge in [0.05, 0.1) is 16.9 Å². The van der Waals surface area contributed by atoms with Crippen LogP contribution < -0.4 is 4.72 Å². The van der Waals surface area contributed by atoms with Crippen molar-refractivity contribution in [2.24, 2.45) is 0 Å². The molecule has 3 rings (SSSR count). The van der Waals surface area contributed by atoms with E-state index in [1.54, 1.807) is 24.3 Å². The van der Waals surface area contributed by atoms with E-state index < -0.39 is 58.0 Å². The fourth-order valence-corrected chi connectivity index (χ4v) is 3.89. The van der Waals surface area contributed by atoms with Gasteiger partial charge in [-0.05, 0) is 24.3 Å². The Balaban J connectivity index is 1.51. The quantitative estimate of drug-likeness (QED) is 0.402. The number of halogens is 3. The zero-order valence-corrected chi connectivity index (χ0v) is 16.7. The number of Topliss-reactive ketones (excluding diaryl/α,β-unsaturated/α-hetero) is 1. The van der Waals surface area contributed by atoms with E-state index in [9.17, 15) is 31.2 Å². The fourth-order valence-electron chi connectivity index (χ4n) is 2.81. The van der Waals surface area contributed by atoms with Gasteiger partial charge in [0, 0.05) is 29.2 Å². The first-order valence-electron chi connectivity index (χ1n) is 9.00. The van der Waals surface area contributed by atoms with Crippen LogP contribution in [0.1, 0.15) is 22.3 Å². The number of ether oxygens (including phenoxy) is 1. The molecule has 1 heterocycles. The number of aromatic amines is 1. The molecule has 2 N–H and O–H groups in total. The minimum absolute atomic E-state index is 0.355. The molecule has 31 heavy (non-hydrogen) atoms. The normalized spacial score (nSPS) is 12.1. The lowest BCUT2D eigenvalue weighted by atomic mass is 10.1. The van der Waals surface area contributed by atoms with Crippen molar-refractivity contribution in [3.8, 4) is 0 Å². The van der Waals surface area contributed by atoms with Gasteiger partial charge in [-0.25, -0.2) is 13.1 Å². The van der Waals surface area contributed by atoms with Crippen molar-refractivity contribution >= 4 is 32.7 Å². The molecule has 0 bridgehead atoms. The first kappa shape index (κ1) is 22.5. The smallest absolute Gasteiger partial charge is 0.416 e. The van der Waals surface area contributed by atoms with Gasteiger partial charge < -0.3 is 9.72 Å². The van der Waals surface area contributed by atoms with E-state index in [-0.39, 0.29) is 0 Å². The standard InChI is InChI=1S/C20H17F3N2O5S/c21-20(22,23)13-4-3-5-14(10-13)31(28,29)25-9-8-19(27)30-12-18(26)16-11-24-17-7-2-1-6-15(16)17/h1-7,10-11,24-25H,8-9,12H2. The Hall–Kier alpha value is -3.18. The molecule has 0 aliphatic rings. The van der Waals surface area contributed by atoms with Crippen LogP contribution in [0.3, 0.4) is 0 Å². The highest BCUT2D eigenvalue weighted by atomic mass is 32.2. The summed E-state index contributed by atoms with van der Waals surface area (Å²) < 4.78 is 69.5. The summed E-state index contributed by atoms with van der Waals surface area (Å²) in [6, 6.07) is 10.3. The average Bonchev–Trinajstić information content (AvgIpc) is 3.16. The first-order chi connectivity index (χ1) is 14.6. The lowest BCUT2D eigenvalue weighted by Crippen LogP contribution is -2.27. The Labute approximate surface area is 175 Å². The molecule has 3 aromatic rings. The van der Waals surface area contributed by atoms with Crippen molar-refractivity contribution in [3.05, 3.63) is 65.9 Å². The molecule has 7 nitrogen and oxygen atoms in total. The lowest BCUT2D eigenvalue weighted by Gasteiger charge is -2.10. The maximum Gasteiger partial charge on any atom is 0.416 e. The van der Waals surface area contributed by atoms with Gasteiger partial charge in [-0.15, -0.1) is 0 Å². The number of carbonyl (C=O) groups excluding carboxylic acids is 2. The van der Waals surface area contributed by atoms with Gasteiger partial charge in [-0.2, -0.15) is 13.2 Å². The molecule has 0 atom stereocenters. The minimum atomic E-state index is -4.69. The summed E-state index contributed by atoms with van der Waals surface area (Å²) in [7, 11) is -4.26. The maximum atomic E-state index is 12.7. The number of aromatic nitrogens is 1. The zero-order chi connectivity index (χ0) is 22.6. The van der Waals surface area contributed by atoms with E-state index in [1.807, 2.05) is 4.72 Å². The van der Waals surface area contributed by atoms with Crippen molar-refractivity contribution in [1.82, 2.24) is 9.71 Å². The van der Waals surface area contributed by atoms with Gasteiger partial charge in [0.1, 0.15) is 0 Å². The number of H-pyrrole nitrogens is 1. The number of hydrogen-bond acceptors (Lipinski definition) is 5. The molecule has 0 saturated carbocycles. The van der Waals surface area contributed by atoms with Crippen LogP contribution in [-0.2, 0) is 25.7 Å². The molecule has 0 aliphatic heterocycles. The third-order valence-electron chi connectivity index (χ3n) is 4.35. The number of nitrogens with one attached hydrogen (secondary N) is 2. The van der Waals surface area contributed by atoms with Crippen LogP contribution in [0.2, 0.25) is 0 Å². The third kappa shape index (κ3) is 5.50.